The maximum Gasteiger partial charge on any atom is 0.427 e. The summed E-state index contributed by atoms with van der Waals surface area (Å²) in [6.45, 7) is 3.49. The average Bonchev–Trinajstić information content (AvgIpc) is 4.05. The van der Waals surface area contributed by atoms with Gasteiger partial charge < -0.3 is 29.7 Å². The van der Waals surface area contributed by atoms with Crippen molar-refractivity contribution in [2.75, 3.05) is 20.3 Å². The summed E-state index contributed by atoms with van der Waals surface area (Å²) in [7, 11) is -2.94. The molecule has 2 aromatic rings. The normalized spacial score (nSPS) is 29.4. The molecule has 2 aliphatic carbocycles. The van der Waals surface area contributed by atoms with Gasteiger partial charge >= 0.3 is 12.3 Å². The quantitative estimate of drug-likeness (QED) is 0.233. The lowest BCUT2D eigenvalue weighted by molar-refractivity contribution is -0.244. The number of amides is 4. The molecule has 58 heavy (non-hydrogen) atoms. The molecule has 2 aliphatic heterocycles. The van der Waals surface area contributed by atoms with Crippen molar-refractivity contribution >= 4 is 44.6 Å². The number of benzene rings is 1. The van der Waals surface area contributed by atoms with Crippen LogP contribution in [0.3, 0.4) is 0 Å². The number of halogens is 4. The fourth-order valence-corrected chi connectivity index (χ4v) is 9.13. The van der Waals surface area contributed by atoms with E-state index in [1.165, 1.54) is 13.3 Å². The van der Waals surface area contributed by atoms with Gasteiger partial charge in [-0.1, -0.05) is 26.0 Å². The molecule has 14 nitrogen and oxygen atoms in total. The predicted molar refractivity (Wildman–Crippen MR) is 202 cm³/mol. The number of aromatic nitrogens is 1. The van der Waals surface area contributed by atoms with Gasteiger partial charge in [0.15, 0.2) is 0 Å². The number of ether oxygens (including phenoxy) is 3. The van der Waals surface area contributed by atoms with Crippen LogP contribution in [-0.4, -0.2) is 103 Å². The van der Waals surface area contributed by atoms with Crippen LogP contribution in [0.2, 0.25) is 0 Å². The highest BCUT2D eigenvalue weighted by atomic mass is 32.2. The molecule has 1 aromatic heterocycles. The van der Waals surface area contributed by atoms with Gasteiger partial charge in [-0.2, -0.15) is 13.2 Å². The summed E-state index contributed by atoms with van der Waals surface area (Å²) < 4.78 is 98.0. The van der Waals surface area contributed by atoms with Crippen LogP contribution in [0.15, 0.2) is 42.6 Å². The zero-order chi connectivity index (χ0) is 42.4. The number of allylic oxidation sites excluding steroid dienone is 1. The van der Waals surface area contributed by atoms with Crippen LogP contribution in [0.1, 0.15) is 72.6 Å². The standard InChI is InChI=1S/C39H49F4N5O9S/c1-22-8-6-7-9-25-19-38(25,34(51)47-58(53,54)37(21-40)13-14-37)46-31(49)29-18-27(56-32-28-11-10-26(55-5)17-24(28)12-15-44-32)20-48(29)33(50)30(23(2)16-22)45-35(52)57-36(3,4)39(41,42)43/h7,9-12,15,17,22-23,25,27,29-30H,6,8,13-14,16,18-21H2,1-5H3,(H,45,52)(H,46,49)(H,47,51)/b9-7-/t22-,23+,25+,27+,29-,30-,38+/m0/s1. The second-order valence-corrected chi connectivity index (χ2v) is 18.6. The topological polar surface area (TPSA) is 182 Å². The third kappa shape index (κ3) is 8.54. The first kappa shape index (κ1) is 42.9. The summed E-state index contributed by atoms with van der Waals surface area (Å²) in [6, 6.07) is 4.09. The van der Waals surface area contributed by atoms with Crippen LogP contribution in [0.4, 0.5) is 22.4 Å². The van der Waals surface area contributed by atoms with Gasteiger partial charge in [0.1, 0.15) is 40.9 Å². The molecule has 3 N–H and O–H groups in total. The summed E-state index contributed by atoms with van der Waals surface area (Å²) in [5.74, 6) is -3.34. The monoisotopic (exact) mass is 839 g/mol. The summed E-state index contributed by atoms with van der Waals surface area (Å²) in [5.41, 5.74) is -4.67. The number of pyridine rings is 1. The van der Waals surface area contributed by atoms with Gasteiger partial charge in [-0.3, -0.25) is 19.1 Å². The molecular formula is C39H49F4N5O9S. The molecule has 0 unspecified atom stereocenters. The van der Waals surface area contributed by atoms with Crippen molar-refractivity contribution in [1.29, 1.82) is 0 Å². The Morgan fingerprint density at radius 3 is 2.48 bits per heavy atom. The minimum Gasteiger partial charge on any atom is -0.497 e. The van der Waals surface area contributed by atoms with E-state index < -0.39 is 92.6 Å². The Labute approximate surface area is 333 Å². The number of alkyl carbamates (subject to hydrolysis) is 1. The maximum atomic E-state index is 14.7. The Bertz CT molecular complexity index is 2080. The molecule has 0 spiro atoms. The highest BCUT2D eigenvalue weighted by Crippen LogP contribution is 2.48. The van der Waals surface area contributed by atoms with E-state index in [2.05, 4.69) is 15.6 Å². The van der Waals surface area contributed by atoms with E-state index in [0.29, 0.717) is 44.2 Å². The molecule has 4 amide bonds. The first-order chi connectivity index (χ1) is 27.2. The largest absolute Gasteiger partial charge is 0.497 e. The fraction of sp³-hybridized carbons (Fsp3) is 0.615. The summed E-state index contributed by atoms with van der Waals surface area (Å²) in [5, 5.41) is 6.38. The number of nitrogens with one attached hydrogen (secondary N) is 3. The van der Waals surface area contributed by atoms with Crippen molar-refractivity contribution < 1.29 is 59.4 Å². The van der Waals surface area contributed by atoms with Gasteiger partial charge in [-0.15, -0.1) is 0 Å². The summed E-state index contributed by atoms with van der Waals surface area (Å²) >= 11 is 0. The highest BCUT2D eigenvalue weighted by molar-refractivity contribution is 7.91. The molecule has 3 fully saturated rings. The Balaban J connectivity index is 1.35. The lowest BCUT2D eigenvalue weighted by Gasteiger charge is -2.34. The number of alkyl halides is 4. The summed E-state index contributed by atoms with van der Waals surface area (Å²) in [6.07, 6.45) is -0.967. The number of rotatable bonds is 9. The molecule has 7 atom stereocenters. The Morgan fingerprint density at radius 1 is 1.10 bits per heavy atom. The number of fused-ring (bicyclic) bond motifs is 3. The molecule has 1 aromatic carbocycles. The van der Waals surface area contributed by atoms with Crippen molar-refractivity contribution in [3.8, 4) is 11.6 Å². The lowest BCUT2D eigenvalue weighted by Crippen LogP contribution is -2.60. The predicted octanol–water partition coefficient (Wildman–Crippen LogP) is 4.86. The van der Waals surface area contributed by atoms with Crippen LogP contribution in [-0.2, 0) is 29.1 Å². The van der Waals surface area contributed by atoms with E-state index in [1.807, 2.05) is 11.6 Å². The van der Waals surface area contributed by atoms with Gasteiger partial charge in [0, 0.05) is 23.9 Å². The molecular weight excluding hydrogens is 791 g/mol. The number of carbonyl (C=O) groups is 4. The zero-order valence-corrected chi connectivity index (χ0v) is 33.7. The van der Waals surface area contributed by atoms with Crippen LogP contribution in [0, 0.1) is 17.8 Å². The molecule has 1 saturated heterocycles. The zero-order valence-electron chi connectivity index (χ0n) is 32.9. The van der Waals surface area contributed by atoms with Gasteiger partial charge in [0.05, 0.1) is 13.7 Å². The molecule has 318 valence electrons. The smallest absolute Gasteiger partial charge is 0.427 e. The van der Waals surface area contributed by atoms with Crippen molar-refractivity contribution in [3.63, 3.8) is 0 Å². The highest BCUT2D eigenvalue weighted by Gasteiger charge is 2.64. The molecule has 3 heterocycles. The van der Waals surface area contributed by atoms with E-state index >= 15 is 0 Å². The van der Waals surface area contributed by atoms with Gasteiger partial charge in [0.25, 0.3) is 5.91 Å². The first-order valence-electron chi connectivity index (χ1n) is 19.2. The van der Waals surface area contributed by atoms with E-state index in [9.17, 15) is 45.2 Å². The molecule has 19 heteroatoms. The van der Waals surface area contributed by atoms with E-state index in [-0.39, 0.29) is 44.0 Å². The Hall–Kier alpha value is -4.68. The SMILES string of the molecule is COc1ccc2c(O[C@@H]3C[C@H]4C(=O)N[C@]5(C(=O)NS(=O)(=O)C6(CF)CC6)C[C@H]5/C=C\CC[C@H](C)C[C@@H](C)[C@H](NC(=O)OC(C)(C)C(F)(F)F)C(=O)N4C3)nccc2c1. The van der Waals surface area contributed by atoms with E-state index in [4.69, 9.17) is 14.2 Å². The molecule has 4 aliphatic rings. The summed E-state index contributed by atoms with van der Waals surface area (Å²) in [4.78, 5) is 61.7. The molecule has 0 radical (unpaired) electrons. The maximum absolute atomic E-state index is 14.7. The van der Waals surface area contributed by atoms with Crippen molar-refractivity contribution in [2.45, 2.75) is 113 Å². The number of sulfonamides is 1. The number of carbonyl (C=O) groups excluding carboxylic acids is 4. The molecule has 6 rings (SSSR count). The molecule has 0 bridgehead atoms. The van der Waals surface area contributed by atoms with Crippen molar-refractivity contribution in [3.05, 3.63) is 42.6 Å². The third-order valence-corrected chi connectivity index (χ3v) is 13.9. The average molecular weight is 840 g/mol. The lowest BCUT2D eigenvalue weighted by atomic mass is 9.88. The first-order valence-corrected chi connectivity index (χ1v) is 20.7. The second-order valence-electron chi connectivity index (χ2n) is 16.6. The van der Waals surface area contributed by atoms with Gasteiger partial charge in [0.2, 0.25) is 33.3 Å². The minimum atomic E-state index is -4.93. The van der Waals surface area contributed by atoms with Crippen LogP contribution < -0.4 is 24.8 Å². The number of nitrogens with zero attached hydrogens (tertiary/aromatic N) is 2. The molecule has 2 saturated carbocycles. The second kappa shape index (κ2) is 15.8. The van der Waals surface area contributed by atoms with E-state index in [0.717, 1.165) is 10.3 Å². The third-order valence-electron chi connectivity index (χ3n) is 11.8. The van der Waals surface area contributed by atoms with E-state index in [1.54, 1.807) is 43.3 Å². The van der Waals surface area contributed by atoms with Gasteiger partial charge in [-0.25, -0.2) is 22.6 Å². The Morgan fingerprint density at radius 2 is 1.83 bits per heavy atom. The number of hydrogen-bond acceptors (Lipinski definition) is 10. The van der Waals surface area contributed by atoms with Crippen LogP contribution in [0.5, 0.6) is 11.6 Å². The van der Waals surface area contributed by atoms with Crippen molar-refractivity contribution in [1.82, 2.24) is 25.2 Å². The van der Waals surface area contributed by atoms with Gasteiger partial charge in [-0.05, 0) is 93.9 Å². The van der Waals surface area contributed by atoms with Crippen molar-refractivity contribution in [2.24, 2.45) is 17.8 Å². The number of methoxy groups -OCH3 is 1. The number of hydrogen-bond donors (Lipinski definition) is 3. The minimum absolute atomic E-state index is 0.0147. The Kier molecular flexibility index (Phi) is 11.7. The fourth-order valence-electron chi connectivity index (χ4n) is 7.70. The van der Waals surface area contributed by atoms with Crippen LogP contribution in [0.25, 0.3) is 10.8 Å². The van der Waals surface area contributed by atoms with Crippen LogP contribution >= 0.6 is 0 Å².